The van der Waals surface area contributed by atoms with Gasteiger partial charge >= 0.3 is 0 Å². The summed E-state index contributed by atoms with van der Waals surface area (Å²) in [6.45, 7) is 5.38. The normalized spacial score (nSPS) is 12.9. The summed E-state index contributed by atoms with van der Waals surface area (Å²) in [5.74, 6) is 0. The smallest absolute Gasteiger partial charge is 0.0946 e. The van der Waals surface area contributed by atoms with E-state index in [0.717, 1.165) is 13.0 Å². The molecule has 2 aromatic rings. The fourth-order valence-corrected chi connectivity index (χ4v) is 2.96. The standard InChI is InChI=1S/C13H19N3S/c1-4-6-15-12(11-8-14-9-16(11)3)13-10(2)5-7-17-13/h5,7-9,12,15H,4,6H2,1-3H3. The van der Waals surface area contributed by atoms with E-state index in [-0.39, 0.29) is 6.04 Å². The first-order chi connectivity index (χ1) is 8.24. The maximum absolute atomic E-state index is 4.22. The summed E-state index contributed by atoms with van der Waals surface area (Å²) in [5.41, 5.74) is 2.58. The highest BCUT2D eigenvalue weighted by molar-refractivity contribution is 7.10. The zero-order valence-electron chi connectivity index (χ0n) is 10.6. The molecule has 3 nitrogen and oxygen atoms in total. The summed E-state index contributed by atoms with van der Waals surface area (Å²) >= 11 is 1.81. The van der Waals surface area contributed by atoms with Crippen LogP contribution in [-0.4, -0.2) is 16.1 Å². The van der Waals surface area contributed by atoms with Crippen molar-refractivity contribution < 1.29 is 0 Å². The second kappa shape index (κ2) is 5.47. The number of hydrogen-bond acceptors (Lipinski definition) is 3. The Labute approximate surface area is 107 Å². The highest BCUT2D eigenvalue weighted by Gasteiger charge is 2.19. The van der Waals surface area contributed by atoms with E-state index in [9.17, 15) is 0 Å². The Balaban J connectivity index is 2.32. The van der Waals surface area contributed by atoms with E-state index in [1.807, 2.05) is 30.9 Å². The van der Waals surface area contributed by atoms with Crippen LogP contribution in [0.25, 0.3) is 0 Å². The van der Waals surface area contributed by atoms with Gasteiger partial charge in [0.15, 0.2) is 0 Å². The molecule has 0 bridgehead atoms. The van der Waals surface area contributed by atoms with Crippen LogP contribution in [0, 0.1) is 6.92 Å². The van der Waals surface area contributed by atoms with Crippen LogP contribution < -0.4 is 5.32 Å². The summed E-state index contributed by atoms with van der Waals surface area (Å²) in [5, 5.41) is 5.76. The van der Waals surface area contributed by atoms with Gasteiger partial charge in [-0.1, -0.05) is 6.92 Å². The molecule has 1 atom stereocenters. The molecule has 0 aliphatic heterocycles. The van der Waals surface area contributed by atoms with Gasteiger partial charge in [0, 0.05) is 11.9 Å². The predicted molar refractivity (Wildman–Crippen MR) is 72.4 cm³/mol. The molecular formula is C13H19N3S. The number of rotatable bonds is 5. The molecule has 1 N–H and O–H groups in total. The lowest BCUT2D eigenvalue weighted by molar-refractivity contribution is 0.574. The van der Waals surface area contributed by atoms with Crippen LogP contribution in [0.4, 0.5) is 0 Å². The van der Waals surface area contributed by atoms with E-state index in [4.69, 9.17) is 0 Å². The Kier molecular flexibility index (Phi) is 3.97. The quantitative estimate of drug-likeness (QED) is 0.883. The number of hydrogen-bond donors (Lipinski definition) is 1. The van der Waals surface area contributed by atoms with Gasteiger partial charge in [0.05, 0.1) is 24.3 Å². The average Bonchev–Trinajstić information content (AvgIpc) is 2.90. The number of thiophene rings is 1. The molecule has 2 aromatic heterocycles. The van der Waals surface area contributed by atoms with Gasteiger partial charge in [-0.15, -0.1) is 11.3 Å². The van der Waals surface area contributed by atoms with Crippen molar-refractivity contribution in [3.8, 4) is 0 Å². The summed E-state index contributed by atoms with van der Waals surface area (Å²) < 4.78 is 2.09. The van der Waals surface area contributed by atoms with Crippen molar-refractivity contribution in [1.29, 1.82) is 0 Å². The lowest BCUT2D eigenvalue weighted by atomic mass is 10.1. The second-order valence-corrected chi connectivity index (χ2v) is 5.23. The molecule has 17 heavy (non-hydrogen) atoms. The van der Waals surface area contributed by atoms with Gasteiger partial charge in [-0.2, -0.15) is 0 Å². The zero-order chi connectivity index (χ0) is 12.3. The number of nitrogens with one attached hydrogen (secondary N) is 1. The molecule has 0 fully saturated rings. The minimum absolute atomic E-state index is 0.266. The lowest BCUT2D eigenvalue weighted by Crippen LogP contribution is -2.24. The molecule has 4 heteroatoms. The monoisotopic (exact) mass is 249 g/mol. The zero-order valence-corrected chi connectivity index (χ0v) is 11.4. The maximum Gasteiger partial charge on any atom is 0.0946 e. The van der Waals surface area contributed by atoms with Gasteiger partial charge in [0.1, 0.15) is 0 Å². The molecule has 0 aliphatic rings. The number of nitrogens with zero attached hydrogens (tertiary/aromatic N) is 2. The van der Waals surface area contributed by atoms with Crippen molar-refractivity contribution in [2.45, 2.75) is 26.3 Å². The Morgan fingerprint density at radius 3 is 2.88 bits per heavy atom. The maximum atomic E-state index is 4.22. The van der Waals surface area contributed by atoms with Gasteiger partial charge in [-0.3, -0.25) is 0 Å². The third kappa shape index (κ3) is 2.58. The average molecular weight is 249 g/mol. The van der Waals surface area contributed by atoms with Crippen LogP contribution in [0.5, 0.6) is 0 Å². The lowest BCUT2D eigenvalue weighted by Gasteiger charge is -2.18. The van der Waals surface area contributed by atoms with Gasteiger partial charge in [0.2, 0.25) is 0 Å². The van der Waals surface area contributed by atoms with Crippen molar-refractivity contribution in [2.75, 3.05) is 6.54 Å². The highest BCUT2D eigenvalue weighted by Crippen LogP contribution is 2.28. The van der Waals surface area contributed by atoms with E-state index in [1.165, 1.54) is 16.1 Å². The van der Waals surface area contributed by atoms with Gasteiger partial charge < -0.3 is 9.88 Å². The molecular weight excluding hydrogens is 230 g/mol. The van der Waals surface area contributed by atoms with E-state index in [2.05, 4.69) is 40.2 Å². The van der Waals surface area contributed by atoms with Crippen LogP contribution in [-0.2, 0) is 7.05 Å². The molecule has 1 unspecified atom stereocenters. The first kappa shape index (κ1) is 12.3. The molecule has 0 saturated heterocycles. The third-order valence-corrected chi connectivity index (χ3v) is 4.00. The van der Waals surface area contributed by atoms with Gasteiger partial charge in [0.25, 0.3) is 0 Å². The van der Waals surface area contributed by atoms with Gasteiger partial charge in [-0.25, -0.2) is 4.98 Å². The molecule has 0 aliphatic carbocycles. The summed E-state index contributed by atoms with van der Waals surface area (Å²) in [6.07, 6.45) is 4.95. The van der Waals surface area contributed by atoms with Crippen molar-refractivity contribution >= 4 is 11.3 Å². The molecule has 0 spiro atoms. The van der Waals surface area contributed by atoms with Crippen molar-refractivity contribution in [1.82, 2.24) is 14.9 Å². The minimum atomic E-state index is 0.266. The largest absolute Gasteiger partial charge is 0.336 e. The van der Waals surface area contributed by atoms with Crippen molar-refractivity contribution in [3.05, 3.63) is 40.1 Å². The summed E-state index contributed by atoms with van der Waals surface area (Å²) in [7, 11) is 2.05. The van der Waals surface area contributed by atoms with E-state index in [0.29, 0.717) is 0 Å². The molecule has 2 rings (SSSR count). The number of aryl methyl sites for hydroxylation is 2. The van der Waals surface area contributed by atoms with E-state index in [1.54, 1.807) is 0 Å². The molecule has 0 aromatic carbocycles. The topological polar surface area (TPSA) is 29.9 Å². The Morgan fingerprint density at radius 2 is 2.35 bits per heavy atom. The summed E-state index contributed by atoms with van der Waals surface area (Å²) in [6, 6.07) is 2.44. The van der Waals surface area contributed by atoms with Crippen LogP contribution in [0.1, 0.15) is 35.5 Å². The molecule has 92 valence electrons. The summed E-state index contributed by atoms with van der Waals surface area (Å²) in [4.78, 5) is 5.61. The van der Waals surface area contributed by atoms with Crippen LogP contribution in [0.2, 0.25) is 0 Å². The Hall–Kier alpha value is -1.13. The van der Waals surface area contributed by atoms with Crippen LogP contribution >= 0.6 is 11.3 Å². The third-order valence-electron chi connectivity index (χ3n) is 2.91. The first-order valence-electron chi connectivity index (χ1n) is 5.97. The molecule has 2 heterocycles. The molecule has 0 radical (unpaired) electrons. The Bertz CT molecular complexity index is 432. The van der Waals surface area contributed by atoms with Crippen LogP contribution in [0.3, 0.4) is 0 Å². The SMILES string of the molecule is CCCNC(c1sccc1C)c1cncn1C. The highest BCUT2D eigenvalue weighted by atomic mass is 32.1. The fourth-order valence-electron chi connectivity index (χ4n) is 1.95. The molecule has 0 amide bonds. The predicted octanol–water partition coefficient (Wildman–Crippen LogP) is 2.88. The Morgan fingerprint density at radius 1 is 1.53 bits per heavy atom. The fraction of sp³-hybridized carbons (Fsp3) is 0.462. The minimum Gasteiger partial charge on any atom is -0.336 e. The van der Waals surface area contributed by atoms with Crippen molar-refractivity contribution in [2.24, 2.45) is 7.05 Å². The molecule has 0 saturated carbocycles. The van der Waals surface area contributed by atoms with E-state index < -0.39 is 0 Å². The van der Waals surface area contributed by atoms with E-state index >= 15 is 0 Å². The van der Waals surface area contributed by atoms with Crippen molar-refractivity contribution in [3.63, 3.8) is 0 Å². The second-order valence-electron chi connectivity index (χ2n) is 4.28. The number of aromatic nitrogens is 2. The van der Waals surface area contributed by atoms with Crippen LogP contribution in [0.15, 0.2) is 24.0 Å². The first-order valence-corrected chi connectivity index (χ1v) is 6.85. The van der Waals surface area contributed by atoms with Gasteiger partial charge in [-0.05, 0) is 36.9 Å². The number of imidazole rings is 1.